The molecule has 3 heterocycles. The predicted molar refractivity (Wildman–Crippen MR) is 116 cm³/mol. The van der Waals surface area contributed by atoms with Crippen LogP contribution in [0.2, 0.25) is 0 Å². The highest BCUT2D eigenvalue weighted by Gasteiger charge is 2.30. The van der Waals surface area contributed by atoms with Crippen LogP contribution in [-0.2, 0) is 17.9 Å². The van der Waals surface area contributed by atoms with Crippen LogP contribution in [0, 0.1) is 18.3 Å². The Balaban J connectivity index is 2.24. The molecule has 0 bridgehead atoms. The van der Waals surface area contributed by atoms with Gasteiger partial charge in [-0.2, -0.15) is 20.1 Å². The Kier molecular flexibility index (Phi) is 5.24. The minimum Gasteiger partial charge on any atom is -0.382 e. The third kappa shape index (κ3) is 3.82. The largest absolute Gasteiger partial charge is 0.382 e. The standard InChI is InChI=1S/C19H26N10S/c1-10-22-25-17(30-10)29-16(11(9-20)13(27-29)18(2,3)4)24-23-12-14(19(5,6)7)26-28(8)15(12)21/h21H2,1-8H3/b24-23+. The molecule has 0 spiro atoms. The van der Waals surface area contributed by atoms with Crippen LogP contribution >= 0.6 is 11.3 Å². The zero-order valence-corrected chi connectivity index (χ0v) is 19.3. The van der Waals surface area contributed by atoms with Crippen LogP contribution in [0.15, 0.2) is 10.2 Å². The Hall–Kier alpha value is -3.13. The fourth-order valence-corrected chi connectivity index (χ4v) is 3.50. The maximum atomic E-state index is 9.89. The van der Waals surface area contributed by atoms with Gasteiger partial charge in [0.2, 0.25) is 5.13 Å². The van der Waals surface area contributed by atoms with Crippen LogP contribution in [0.1, 0.15) is 63.5 Å². The summed E-state index contributed by atoms with van der Waals surface area (Å²) in [6, 6.07) is 2.24. The Morgan fingerprint density at radius 1 is 1.00 bits per heavy atom. The van der Waals surface area contributed by atoms with Gasteiger partial charge in [-0.1, -0.05) is 52.9 Å². The zero-order chi connectivity index (χ0) is 22.4. The molecule has 3 aromatic rings. The molecular formula is C19H26N10S. The van der Waals surface area contributed by atoms with E-state index in [1.807, 2.05) is 48.5 Å². The fraction of sp³-hybridized carbons (Fsp3) is 0.526. The molecule has 158 valence electrons. The van der Waals surface area contributed by atoms with Crippen LogP contribution in [0.3, 0.4) is 0 Å². The average Bonchev–Trinajstić information content (AvgIpc) is 3.29. The summed E-state index contributed by atoms with van der Waals surface area (Å²) >= 11 is 1.36. The summed E-state index contributed by atoms with van der Waals surface area (Å²) in [5.74, 6) is 0.692. The van der Waals surface area contributed by atoms with Crippen molar-refractivity contribution in [3.8, 4) is 11.2 Å². The molecule has 0 unspecified atom stereocenters. The zero-order valence-electron chi connectivity index (χ0n) is 18.5. The Bertz CT molecular complexity index is 1160. The number of rotatable bonds is 3. The lowest BCUT2D eigenvalue weighted by Gasteiger charge is -2.15. The number of nitrogens with two attached hydrogens (primary N) is 1. The number of aromatic nitrogens is 6. The van der Waals surface area contributed by atoms with Crippen LogP contribution in [0.25, 0.3) is 5.13 Å². The molecule has 0 aliphatic heterocycles. The van der Waals surface area contributed by atoms with Gasteiger partial charge >= 0.3 is 0 Å². The Morgan fingerprint density at radius 3 is 2.13 bits per heavy atom. The molecule has 2 N–H and O–H groups in total. The number of nitrogen functional groups attached to an aromatic ring is 1. The van der Waals surface area contributed by atoms with Gasteiger partial charge in [-0.25, -0.2) is 0 Å². The van der Waals surface area contributed by atoms with E-state index in [9.17, 15) is 5.26 Å². The van der Waals surface area contributed by atoms with E-state index in [0.717, 1.165) is 10.7 Å². The predicted octanol–water partition coefficient (Wildman–Crippen LogP) is 4.23. The van der Waals surface area contributed by atoms with Crippen molar-refractivity contribution in [2.45, 2.75) is 59.3 Å². The van der Waals surface area contributed by atoms with Crippen molar-refractivity contribution in [2.24, 2.45) is 17.3 Å². The van der Waals surface area contributed by atoms with Crippen molar-refractivity contribution in [3.63, 3.8) is 0 Å². The van der Waals surface area contributed by atoms with Crippen LogP contribution in [0.4, 0.5) is 17.3 Å². The highest BCUT2D eigenvalue weighted by molar-refractivity contribution is 7.13. The first-order chi connectivity index (χ1) is 13.8. The highest BCUT2D eigenvalue weighted by Crippen LogP contribution is 2.38. The van der Waals surface area contributed by atoms with Crippen molar-refractivity contribution in [1.29, 1.82) is 5.26 Å². The molecule has 11 heteroatoms. The van der Waals surface area contributed by atoms with Gasteiger partial charge in [0.1, 0.15) is 22.5 Å². The van der Waals surface area contributed by atoms with Gasteiger partial charge < -0.3 is 5.73 Å². The molecule has 0 fully saturated rings. The van der Waals surface area contributed by atoms with Gasteiger partial charge in [0, 0.05) is 17.9 Å². The number of anilines is 1. The fourth-order valence-electron chi connectivity index (χ4n) is 2.86. The van der Waals surface area contributed by atoms with E-state index < -0.39 is 0 Å². The molecule has 30 heavy (non-hydrogen) atoms. The van der Waals surface area contributed by atoms with Crippen LogP contribution < -0.4 is 5.73 Å². The minimum atomic E-state index is -0.371. The van der Waals surface area contributed by atoms with E-state index in [1.165, 1.54) is 16.0 Å². The van der Waals surface area contributed by atoms with Crippen LogP contribution in [0.5, 0.6) is 0 Å². The van der Waals surface area contributed by atoms with Gasteiger partial charge in [-0.05, 0) is 6.92 Å². The number of hydrogen-bond donors (Lipinski definition) is 1. The molecule has 0 aliphatic rings. The minimum absolute atomic E-state index is 0.283. The highest BCUT2D eigenvalue weighted by atomic mass is 32.1. The molecule has 0 aromatic carbocycles. The van der Waals surface area contributed by atoms with Crippen molar-refractivity contribution < 1.29 is 0 Å². The van der Waals surface area contributed by atoms with Crippen LogP contribution in [-0.4, -0.2) is 29.8 Å². The SMILES string of the molecule is Cc1nnc(-n2nc(C(C)(C)C)c(C#N)c2/N=N/c2c(C(C)(C)C)nn(C)c2N)s1. The summed E-state index contributed by atoms with van der Waals surface area (Å²) in [6.45, 7) is 13.9. The van der Waals surface area contributed by atoms with E-state index >= 15 is 0 Å². The summed E-state index contributed by atoms with van der Waals surface area (Å²) in [5, 5.41) is 37.4. The number of azo groups is 1. The molecule has 0 radical (unpaired) electrons. The molecule has 10 nitrogen and oxygen atoms in total. The molecular weight excluding hydrogens is 400 g/mol. The summed E-state index contributed by atoms with van der Waals surface area (Å²) in [7, 11) is 1.76. The number of aryl methyl sites for hydroxylation is 2. The normalized spacial score (nSPS) is 12.6. The topological polar surface area (TPSA) is 136 Å². The van der Waals surface area contributed by atoms with Crippen molar-refractivity contribution >= 4 is 28.7 Å². The van der Waals surface area contributed by atoms with Gasteiger partial charge in [-0.15, -0.1) is 20.4 Å². The van der Waals surface area contributed by atoms with E-state index in [2.05, 4.69) is 36.7 Å². The lowest BCUT2D eigenvalue weighted by atomic mass is 9.90. The summed E-state index contributed by atoms with van der Waals surface area (Å²) < 4.78 is 3.10. The second-order valence-corrected chi connectivity index (χ2v) is 10.2. The van der Waals surface area contributed by atoms with Crippen molar-refractivity contribution in [2.75, 3.05) is 5.73 Å². The van der Waals surface area contributed by atoms with E-state index in [-0.39, 0.29) is 10.8 Å². The molecule has 0 atom stereocenters. The van der Waals surface area contributed by atoms with E-state index in [0.29, 0.717) is 33.7 Å². The summed E-state index contributed by atoms with van der Waals surface area (Å²) in [6.07, 6.45) is 0. The maximum absolute atomic E-state index is 9.89. The van der Waals surface area contributed by atoms with E-state index in [4.69, 9.17) is 5.73 Å². The van der Waals surface area contributed by atoms with Crippen molar-refractivity contribution in [3.05, 3.63) is 22.0 Å². The quantitative estimate of drug-likeness (QED) is 0.622. The number of hydrogen-bond acceptors (Lipinski definition) is 9. The molecule has 3 aromatic heterocycles. The second kappa shape index (κ2) is 7.28. The lowest BCUT2D eigenvalue weighted by Crippen LogP contribution is -2.14. The summed E-state index contributed by atoms with van der Waals surface area (Å²) in [5.41, 5.74) is 7.71. The number of nitrogens with zero attached hydrogens (tertiary/aromatic N) is 9. The van der Waals surface area contributed by atoms with Crippen molar-refractivity contribution in [1.82, 2.24) is 29.8 Å². The molecule has 0 saturated heterocycles. The Labute approximate surface area is 179 Å². The summed E-state index contributed by atoms with van der Waals surface area (Å²) in [4.78, 5) is 0. The third-order valence-corrected chi connectivity index (χ3v) is 5.21. The molecule has 0 saturated carbocycles. The lowest BCUT2D eigenvalue weighted by molar-refractivity contribution is 0.554. The average molecular weight is 427 g/mol. The second-order valence-electron chi connectivity index (χ2n) is 9.08. The maximum Gasteiger partial charge on any atom is 0.234 e. The molecule has 3 rings (SSSR count). The smallest absolute Gasteiger partial charge is 0.234 e. The third-order valence-electron chi connectivity index (χ3n) is 4.40. The molecule has 0 aliphatic carbocycles. The monoisotopic (exact) mass is 426 g/mol. The first-order valence-corrected chi connectivity index (χ1v) is 10.2. The van der Waals surface area contributed by atoms with E-state index in [1.54, 1.807) is 11.7 Å². The van der Waals surface area contributed by atoms with Gasteiger partial charge in [0.15, 0.2) is 11.5 Å². The first-order valence-electron chi connectivity index (χ1n) is 9.43. The first kappa shape index (κ1) is 21.6. The van der Waals surface area contributed by atoms with Gasteiger partial charge in [-0.3, -0.25) is 4.68 Å². The van der Waals surface area contributed by atoms with Gasteiger partial charge in [0.25, 0.3) is 0 Å². The molecule has 0 amide bonds. The van der Waals surface area contributed by atoms with Gasteiger partial charge in [0.05, 0.1) is 11.4 Å². The Morgan fingerprint density at radius 2 is 1.63 bits per heavy atom. The number of nitriles is 1.